The largest absolute Gasteiger partial charge is 0.454 e. The van der Waals surface area contributed by atoms with Gasteiger partial charge in [0.15, 0.2) is 12.4 Å². The number of nitrogens with zero attached hydrogens (tertiary/aromatic N) is 2. The minimum absolute atomic E-state index is 0.0203. The average molecular weight is 422 g/mol. The van der Waals surface area contributed by atoms with Crippen molar-refractivity contribution in [2.24, 2.45) is 4.40 Å². The van der Waals surface area contributed by atoms with Crippen LogP contribution in [0.4, 0.5) is 0 Å². The molecule has 8 nitrogen and oxygen atoms in total. The van der Waals surface area contributed by atoms with Crippen molar-refractivity contribution in [2.75, 3.05) is 13.2 Å². The third-order valence-electron chi connectivity index (χ3n) is 5.13. The summed E-state index contributed by atoms with van der Waals surface area (Å²) < 4.78 is 33.9. The fraction of sp³-hybridized carbons (Fsp3) is 0.550. The zero-order valence-electron chi connectivity index (χ0n) is 16.8. The third-order valence-corrected chi connectivity index (χ3v) is 6.46. The van der Waals surface area contributed by atoms with Gasteiger partial charge in [0, 0.05) is 18.2 Å². The Labute approximate surface area is 171 Å². The number of ether oxygens (including phenoxy) is 1. The molecule has 2 aliphatic rings. The van der Waals surface area contributed by atoms with Crippen molar-refractivity contribution in [1.29, 1.82) is 0 Å². The predicted octanol–water partition coefficient (Wildman–Crippen LogP) is 1.84. The van der Waals surface area contributed by atoms with Crippen LogP contribution in [-0.2, 0) is 24.3 Å². The van der Waals surface area contributed by atoms with Gasteiger partial charge in [-0.1, -0.05) is 25.5 Å². The number of carbonyl (C=O) groups is 2. The van der Waals surface area contributed by atoms with E-state index in [4.69, 9.17) is 4.74 Å². The Morgan fingerprint density at radius 3 is 2.83 bits per heavy atom. The van der Waals surface area contributed by atoms with Gasteiger partial charge in [-0.3, -0.25) is 4.79 Å². The molecular formula is C20H27N3O5S. The highest BCUT2D eigenvalue weighted by atomic mass is 32.2. The number of amides is 1. The summed E-state index contributed by atoms with van der Waals surface area (Å²) in [4.78, 5) is 26.6. The first-order valence-corrected chi connectivity index (χ1v) is 11.4. The van der Waals surface area contributed by atoms with Crippen molar-refractivity contribution in [1.82, 2.24) is 10.2 Å². The molecule has 0 saturated carbocycles. The molecule has 0 radical (unpaired) electrons. The Hall–Kier alpha value is -2.42. The van der Waals surface area contributed by atoms with E-state index >= 15 is 0 Å². The predicted molar refractivity (Wildman–Crippen MR) is 108 cm³/mol. The molecule has 1 aromatic rings. The highest BCUT2D eigenvalue weighted by Gasteiger charge is 2.38. The average Bonchev–Trinajstić information content (AvgIpc) is 2.97. The maximum Gasteiger partial charge on any atom is 0.329 e. The van der Waals surface area contributed by atoms with Gasteiger partial charge in [-0.2, -0.15) is 8.42 Å². The lowest BCUT2D eigenvalue weighted by molar-refractivity contribution is -0.153. The standard InChI is InChI=1S/C20H27N3O5S/c1-3-8-14(2)21-18(24)13-28-20(25)16-10-6-7-12-23(16)19-15-9-4-5-11-17(15)29(26,27)22-19/h4-5,9,11,14,16H,3,6-8,10,12-13H2,1-2H3,(H,21,24)/t14-,16+/m0/s1. The minimum atomic E-state index is -3.77. The van der Waals surface area contributed by atoms with Crippen molar-refractivity contribution in [2.45, 2.75) is 62.9 Å². The molecule has 1 aromatic carbocycles. The van der Waals surface area contributed by atoms with Gasteiger partial charge in [-0.05, 0) is 44.7 Å². The van der Waals surface area contributed by atoms with Crippen LogP contribution in [0.25, 0.3) is 0 Å². The number of carbonyl (C=O) groups excluding carboxylic acids is 2. The number of sulfonamides is 1. The van der Waals surface area contributed by atoms with Crippen molar-refractivity contribution in [3.05, 3.63) is 29.8 Å². The quantitative estimate of drug-likeness (QED) is 0.703. The van der Waals surface area contributed by atoms with Crippen molar-refractivity contribution < 1.29 is 22.7 Å². The van der Waals surface area contributed by atoms with E-state index in [1.54, 1.807) is 23.1 Å². The molecule has 0 spiro atoms. The number of piperidine rings is 1. The topological polar surface area (TPSA) is 105 Å². The normalized spacial score (nSPS) is 21.1. The molecule has 3 rings (SSSR count). The molecule has 0 aliphatic carbocycles. The van der Waals surface area contributed by atoms with E-state index in [1.165, 1.54) is 6.07 Å². The van der Waals surface area contributed by atoms with E-state index in [-0.39, 0.29) is 29.3 Å². The van der Waals surface area contributed by atoms with Gasteiger partial charge in [0.1, 0.15) is 10.9 Å². The number of esters is 1. The molecule has 2 atom stereocenters. The second-order valence-corrected chi connectivity index (χ2v) is 9.03. The minimum Gasteiger partial charge on any atom is -0.454 e. The summed E-state index contributed by atoms with van der Waals surface area (Å²) in [6, 6.07) is 5.96. The number of likely N-dealkylation sites (tertiary alicyclic amines) is 1. The van der Waals surface area contributed by atoms with E-state index in [2.05, 4.69) is 9.71 Å². The van der Waals surface area contributed by atoms with E-state index in [0.717, 1.165) is 25.7 Å². The number of fused-ring (bicyclic) bond motifs is 1. The molecule has 0 unspecified atom stereocenters. The molecule has 1 saturated heterocycles. The van der Waals surface area contributed by atoms with Crippen molar-refractivity contribution in [3.63, 3.8) is 0 Å². The first kappa shape index (κ1) is 21.3. The zero-order chi connectivity index (χ0) is 21.0. The zero-order valence-corrected chi connectivity index (χ0v) is 17.6. The lowest BCUT2D eigenvalue weighted by Crippen LogP contribution is -2.49. The second-order valence-electron chi connectivity index (χ2n) is 7.46. The number of benzene rings is 1. The van der Waals surface area contributed by atoms with Crippen molar-refractivity contribution in [3.8, 4) is 0 Å². The number of hydrogen-bond acceptors (Lipinski definition) is 6. The van der Waals surface area contributed by atoms with E-state index in [0.29, 0.717) is 18.5 Å². The van der Waals surface area contributed by atoms with Crippen LogP contribution in [0.15, 0.2) is 33.6 Å². The summed E-state index contributed by atoms with van der Waals surface area (Å²) in [5, 5.41) is 2.80. The van der Waals surface area contributed by atoms with E-state index in [9.17, 15) is 18.0 Å². The molecule has 1 amide bonds. The lowest BCUT2D eigenvalue weighted by atomic mass is 10.0. The number of hydrogen-bond donors (Lipinski definition) is 1. The lowest BCUT2D eigenvalue weighted by Gasteiger charge is -2.35. The summed E-state index contributed by atoms with van der Waals surface area (Å²) in [5.74, 6) is -0.594. The molecule has 158 valence electrons. The van der Waals surface area contributed by atoms with Crippen LogP contribution in [-0.4, -0.2) is 56.3 Å². The number of nitrogens with one attached hydrogen (secondary N) is 1. The first-order valence-electron chi connectivity index (χ1n) is 10.0. The smallest absolute Gasteiger partial charge is 0.329 e. The first-order chi connectivity index (χ1) is 13.8. The molecular weight excluding hydrogens is 394 g/mol. The molecule has 2 aliphatic heterocycles. The highest BCUT2D eigenvalue weighted by Crippen LogP contribution is 2.30. The maximum atomic E-state index is 12.7. The van der Waals surface area contributed by atoms with E-state index < -0.39 is 22.0 Å². The maximum absolute atomic E-state index is 12.7. The molecule has 0 bridgehead atoms. The summed E-state index contributed by atoms with van der Waals surface area (Å²) in [7, 11) is -3.77. The Bertz CT molecular complexity index is 912. The SMILES string of the molecule is CCC[C@H](C)NC(=O)COC(=O)[C@H]1CCCCN1C1=NS(=O)(=O)c2ccccc21. The van der Waals surface area contributed by atoms with Crippen LogP contribution in [0.5, 0.6) is 0 Å². The van der Waals surface area contributed by atoms with Crippen LogP contribution in [0.1, 0.15) is 51.5 Å². The molecule has 1 fully saturated rings. The Kier molecular flexibility index (Phi) is 6.56. The summed E-state index contributed by atoms with van der Waals surface area (Å²) in [6.07, 6.45) is 3.96. The van der Waals surface area contributed by atoms with E-state index in [1.807, 2.05) is 13.8 Å². The van der Waals surface area contributed by atoms with Gasteiger partial charge in [-0.15, -0.1) is 4.40 Å². The monoisotopic (exact) mass is 421 g/mol. The molecule has 2 heterocycles. The third kappa shape index (κ3) is 4.77. The van der Waals surface area contributed by atoms with Gasteiger partial charge in [0.05, 0.1) is 0 Å². The van der Waals surface area contributed by atoms with Crippen LogP contribution >= 0.6 is 0 Å². The van der Waals surface area contributed by atoms with Gasteiger partial charge in [0.25, 0.3) is 15.9 Å². The summed E-state index contributed by atoms with van der Waals surface area (Å²) >= 11 is 0. The fourth-order valence-corrected chi connectivity index (χ4v) is 5.00. The van der Waals surface area contributed by atoms with Gasteiger partial charge in [-0.25, -0.2) is 4.79 Å². The highest BCUT2D eigenvalue weighted by molar-refractivity contribution is 7.90. The van der Waals surface area contributed by atoms with Gasteiger partial charge >= 0.3 is 5.97 Å². The van der Waals surface area contributed by atoms with Crippen LogP contribution in [0.2, 0.25) is 0 Å². The van der Waals surface area contributed by atoms with Crippen LogP contribution in [0.3, 0.4) is 0 Å². The second kappa shape index (κ2) is 8.94. The number of rotatable bonds is 6. The number of amidine groups is 1. The Morgan fingerprint density at radius 2 is 2.07 bits per heavy atom. The molecule has 29 heavy (non-hydrogen) atoms. The molecule has 0 aromatic heterocycles. The fourth-order valence-electron chi connectivity index (χ4n) is 3.78. The Balaban J connectivity index is 1.71. The summed E-state index contributed by atoms with van der Waals surface area (Å²) in [6.45, 7) is 4.09. The van der Waals surface area contributed by atoms with Gasteiger partial charge < -0.3 is 15.0 Å². The van der Waals surface area contributed by atoms with Crippen molar-refractivity contribution >= 4 is 27.7 Å². The molecule has 9 heteroatoms. The van der Waals surface area contributed by atoms with Crippen LogP contribution in [0, 0.1) is 0 Å². The molecule has 1 N–H and O–H groups in total. The van der Waals surface area contributed by atoms with Gasteiger partial charge in [0.2, 0.25) is 0 Å². The summed E-state index contributed by atoms with van der Waals surface area (Å²) in [5.41, 5.74) is 0.498. The van der Waals surface area contributed by atoms with Crippen LogP contribution < -0.4 is 5.32 Å². The Morgan fingerprint density at radius 1 is 1.31 bits per heavy atom.